The predicted molar refractivity (Wildman–Crippen MR) is 90.0 cm³/mol. The second-order valence-corrected chi connectivity index (χ2v) is 8.77. The number of hydrogen-bond acceptors (Lipinski definition) is 5. The molecule has 0 fully saturated rings. The van der Waals surface area contributed by atoms with E-state index in [2.05, 4.69) is 13.8 Å². The van der Waals surface area contributed by atoms with E-state index in [1.807, 2.05) is 20.8 Å². The SMILES string of the molecule is CCCC(C(=S)SCC)[Si](OCC)(OCC)OCC. The third-order valence-corrected chi connectivity index (χ3v) is 8.03. The van der Waals surface area contributed by atoms with Crippen LogP contribution in [0.2, 0.25) is 5.54 Å². The van der Waals surface area contributed by atoms with Gasteiger partial charge in [-0.25, -0.2) is 0 Å². The predicted octanol–water partition coefficient (Wildman–Crippen LogP) is 4.29. The summed E-state index contributed by atoms with van der Waals surface area (Å²) in [4.78, 5) is 0. The van der Waals surface area contributed by atoms with Crippen molar-refractivity contribution in [2.75, 3.05) is 25.6 Å². The van der Waals surface area contributed by atoms with Gasteiger partial charge >= 0.3 is 8.80 Å². The van der Waals surface area contributed by atoms with Crippen molar-refractivity contribution >= 4 is 37.0 Å². The Balaban J connectivity index is 5.22. The molecule has 0 spiro atoms. The molecule has 0 heterocycles. The summed E-state index contributed by atoms with van der Waals surface area (Å²) in [5.41, 5.74) is 0.122. The lowest BCUT2D eigenvalue weighted by Crippen LogP contribution is -2.52. The second kappa shape index (κ2) is 11.2. The number of thioether (sulfide) groups is 1. The Kier molecular flexibility index (Phi) is 11.5. The monoisotopic (exact) mass is 324 g/mol. The minimum Gasteiger partial charge on any atom is -0.373 e. The van der Waals surface area contributed by atoms with E-state index in [4.69, 9.17) is 25.5 Å². The first-order chi connectivity index (χ1) is 9.11. The molecule has 0 aromatic rings. The van der Waals surface area contributed by atoms with E-state index >= 15 is 0 Å². The fourth-order valence-electron chi connectivity index (χ4n) is 2.00. The van der Waals surface area contributed by atoms with Crippen LogP contribution in [0.25, 0.3) is 0 Å². The van der Waals surface area contributed by atoms with Gasteiger partial charge in [-0.05, 0) is 32.9 Å². The average Bonchev–Trinajstić information content (AvgIpc) is 2.37. The summed E-state index contributed by atoms with van der Waals surface area (Å²) in [5.74, 6) is 0.980. The minimum absolute atomic E-state index is 0.122. The summed E-state index contributed by atoms with van der Waals surface area (Å²) >= 11 is 7.30. The van der Waals surface area contributed by atoms with E-state index in [-0.39, 0.29) is 5.54 Å². The first-order valence-corrected chi connectivity index (χ1v) is 10.4. The van der Waals surface area contributed by atoms with Gasteiger partial charge in [0.25, 0.3) is 0 Å². The van der Waals surface area contributed by atoms with Gasteiger partial charge in [0.1, 0.15) is 0 Å². The molecule has 1 unspecified atom stereocenters. The molecule has 0 aromatic carbocycles. The fourth-order valence-corrected chi connectivity index (χ4v) is 7.18. The molecule has 1 atom stereocenters. The van der Waals surface area contributed by atoms with Crippen LogP contribution in [-0.2, 0) is 13.3 Å². The van der Waals surface area contributed by atoms with Crippen LogP contribution in [0.15, 0.2) is 0 Å². The van der Waals surface area contributed by atoms with Gasteiger partial charge in [-0.2, -0.15) is 0 Å². The van der Waals surface area contributed by atoms with E-state index in [0.29, 0.717) is 19.8 Å². The van der Waals surface area contributed by atoms with Crippen LogP contribution in [0.3, 0.4) is 0 Å². The molecule has 0 aromatic heterocycles. The first-order valence-electron chi connectivity index (χ1n) is 7.20. The lowest BCUT2D eigenvalue weighted by atomic mass is 10.3. The Morgan fingerprint density at radius 3 is 1.79 bits per heavy atom. The van der Waals surface area contributed by atoms with Gasteiger partial charge in [-0.15, -0.1) is 11.8 Å². The molecular weight excluding hydrogens is 296 g/mol. The van der Waals surface area contributed by atoms with Crippen LogP contribution in [-0.4, -0.2) is 38.6 Å². The number of thiocarbonyl (C=S) groups is 1. The van der Waals surface area contributed by atoms with Gasteiger partial charge in [0, 0.05) is 19.8 Å². The summed E-state index contributed by atoms with van der Waals surface area (Å²) in [5, 5.41) is 0. The molecule has 0 bridgehead atoms. The maximum atomic E-state index is 5.99. The van der Waals surface area contributed by atoms with Gasteiger partial charge in [0.05, 0.1) is 9.74 Å². The lowest BCUT2D eigenvalue weighted by Gasteiger charge is -2.35. The Morgan fingerprint density at radius 2 is 1.47 bits per heavy atom. The maximum absolute atomic E-state index is 5.99. The summed E-state index contributed by atoms with van der Waals surface area (Å²) < 4.78 is 18.9. The van der Waals surface area contributed by atoms with Crippen LogP contribution in [0.4, 0.5) is 0 Å². The van der Waals surface area contributed by atoms with Crippen molar-refractivity contribution in [2.45, 2.75) is 53.0 Å². The highest BCUT2D eigenvalue weighted by Gasteiger charge is 2.50. The molecule has 19 heavy (non-hydrogen) atoms. The zero-order chi connectivity index (χ0) is 14.7. The highest BCUT2D eigenvalue weighted by atomic mass is 32.2. The van der Waals surface area contributed by atoms with Crippen LogP contribution >= 0.6 is 24.0 Å². The van der Waals surface area contributed by atoms with Crippen molar-refractivity contribution < 1.29 is 13.3 Å². The van der Waals surface area contributed by atoms with Crippen molar-refractivity contribution in [2.24, 2.45) is 0 Å². The normalized spacial score (nSPS) is 13.5. The molecule has 114 valence electrons. The van der Waals surface area contributed by atoms with Crippen molar-refractivity contribution in [3.63, 3.8) is 0 Å². The molecule has 3 nitrogen and oxygen atoms in total. The third kappa shape index (κ3) is 6.22. The second-order valence-electron chi connectivity index (χ2n) is 4.00. The van der Waals surface area contributed by atoms with Gasteiger partial charge in [-0.1, -0.05) is 32.5 Å². The molecule has 0 radical (unpaired) electrons. The van der Waals surface area contributed by atoms with Crippen LogP contribution in [0, 0.1) is 0 Å². The molecule has 0 saturated heterocycles. The Hall–Kier alpha value is 0.537. The topological polar surface area (TPSA) is 27.7 Å². The Bertz CT molecular complexity index is 235. The lowest BCUT2D eigenvalue weighted by molar-refractivity contribution is 0.0665. The van der Waals surface area contributed by atoms with E-state index in [1.54, 1.807) is 11.8 Å². The quantitative estimate of drug-likeness (QED) is 0.417. The van der Waals surface area contributed by atoms with E-state index in [1.165, 1.54) is 0 Å². The van der Waals surface area contributed by atoms with E-state index < -0.39 is 8.80 Å². The molecule has 0 amide bonds. The highest BCUT2D eigenvalue weighted by Crippen LogP contribution is 2.35. The first kappa shape index (κ1) is 19.5. The fraction of sp³-hybridized carbons (Fsp3) is 0.923. The summed E-state index contributed by atoms with van der Waals surface area (Å²) in [6.45, 7) is 12.0. The van der Waals surface area contributed by atoms with E-state index in [0.717, 1.165) is 22.8 Å². The Labute approximate surface area is 129 Å². The van der Waals surface area contributed by atoms with Crippen molar-refractivity contribution in [1.82, 2.24) is 0 Å². The molecule has 0 aliphatic heterocycles. The van der Waals surface area contributed by atoms with Crippen LogP contribution in [0.1, 0.15) is 47.5 Å². The largest absolute Gasteiger partial charge is 0.510 e. The average molecular weight is 325 g/mol. The third-order valence-electron chi connectivity index (χ3n) is 2.61. The van der Waals surface area contributed by atoms with Crippen molar-refractivity contribution in [1.29, 1.82) is 0 Å². The smallest absolute Gasteiger partial charge is 0.373 e. The Morgan fingerprint density at radius 1 is 1.00 bits per heavy atom. The molecule has 0 saturated carbocycles. The van der Waals surface area contributed by atoms with Crippen LogP contribution in [0.5, 0.6) is 0 Å². The van der Waals surface area contributed by atoms with Gasteiger partial charge in [-0.3, -0.25) is 0 Å². The molecule has 0 N–H and O–H groups in total. The number of rotatable bonds is 11. The summed E-state index contributed by atoms with van der Waals surface area (Å²) in [6.07, 6.45) is 2.02. The summed E-state index contributed by atoms with van der Waals surface area (Å²) in [6, 6.07) is 0. The maximum Gasteiger partial charge on any atom is 0.510 e. The highest BCUT2D eigenvalue weighted by molar-refractivity contribution is 8.23. The van der Waals surface area contributed by atoms with Crippen molar-refractivity contribution in [3.8, 4) is 0 Å². The molecule has 0 aliphatic carbocycles. The van der Waals surface area contributed by atoms with Gasteiger partial charge in [0.15, 0.2) is 0 Å². The minimum atomic E-state index is -2.71. The number of hydrogen-bond donors (Lipinski definition) is 0. The molecule has 0 rings (SSSR count). The standard InChI is InChI=1S/C13H28O3S2Si/c1-6-11-12(13(17)18-10-5)19(14-7-2,15-8-3)16-9-4/h12H,6-11H2,1-5H3. The zero-order valence-corrected chi connectivity index (χ0v) is 15.5. The molecule has 6 heteroatoms. The van der Waals surface area contributed by atoms with Gasteiger partial charge < -0.3 is 13.3 Å². The summed E-state index contributed by atoms with van der Waals surface area (Å²) in [7, 11) is -2.71. The van der Waals surface area contributed by atoms with E-state index in [9.17, 15) is 0 Å². The zero-order valence-electron chi connectivity index (χ0n) is 12.9. The van der Waals surface area contributed by atoms with Gasteiger partial charge in [0.2, 0.25) is 0 Å². The van der Waals surface area contributed by atoms with Crippen molar-refractivity contribution in [3.05, 3.63) is 0 Å². The molecular formula is C13H28O3S2Si. The molecule has 0 aliphatic rings. The van der Waals surface area contributed by atoms with Crippen LogP contribution < -0.4 is 0 Å².